The van der Waals surface area contributed by atoms with Crippen molar-refractivity contribution in [2.75, 3.05) is 0 Å². The number of carbonyl (C=O) groups excluding carboxylic acids is 1. The van der Waals surface area contributed by atoms with E-state index in [9.17, 15) is 4.79 Å². The van der Waals surface area contributed by atoms with E-state index in [1.807, 2.05) is 5.57 Å². The topological polar surface area (TPSA) is 26.3 Å². The molecule has 4 rings (SSSR count). The van der Waals surface area contributed by atoms with E-state index in [2.05, 4.69) is 26.8 Å². The van der Waals surface area contributed by atoms with Gasteiger partial charge in [0.1, 0.15) is 6.10 Å². The minimum Gasteiger partial charge on any atom is -0.463 e. The molecule has 0 amide bonds. The molecule has 2 heteroatoms. The number of esters is 1. The van der Waals surface area contributed by atoms with Crippen LogP contribution in [0.3, 0.4) is 0 Å². The zero-order valence-corrected chi connectivity index (χ0v) is 16.6. The van der Waals surface area contributed by atoms with E-state index in [1.54, 1.807) is 6.92 Å². The summed E-state index contributed by atoms with van der Waals surface area (Å²) < 4.78 is 5.58. The van der Waals surface area contributed by atoms with Crippen molar-refractivity contribution < 1.29 is 9.53 Å². The number of hydrogen-bond donors (Lipinski definition) is 0. The molecule has 0 aromatic carbocycles. The van der Waals surface area contributed by atoms with Gasteiger partial charge in [0.25, 0.3) is 0 Å². The molecule has 0 saturated heterocycles. The number of rotatable bonds is 2. The standard InChI is InChI=1S/C23H36O2/c1-5-16-7-9-20-19-8-6-17-14-18(25-15(2)24)10-12-23(17,4)21(19)11-13-22(16,20)3/h9,16-19,21H,5-8,10-14H2,1-4H3/t16-,17+,18-,19-,21-,22+,23-/m0/s1. The van der Waals surface area contributed by atoms with Crippen molar-refractivity contribution in [3.63, 3.8) is 0 Å². The van der Waals surface area contributed by atoms with Gasteiger partial charge in [0.15, 0.2) is 0 Å². The van der Waals surface area contributed by atoms with Gasteiger partial charge in [-0.2, -0.15) is 0 Å². The summed E-state index contributed by atoms with van der Waals surface area (Å²) in [5.74, 6) is 3.23. The molecule has 0 spiro atoms. The van der Waals surface area contributed by atoms with E-state index in [4.69, 9.17) is 4.74 Å². The second-order valence-electron chi connectivity index (χ2n) is 9.96. The number of carbonyl (C=O) groups is 1. The Morgan fingerprint density at radius 3 is 2.72 bits per heavy atom. The van der Waals surface area contributed by atoms with E-state index >= 15 is 0 Å². The monoisotopic (exact) mass is 344 g/mol. The van der Waals surface area contributed by atoms with Gasteiger partial charge in [-0.25, -0.2) is 0 Å². The zero-order chi connectivity index (χ0) is 17.8. The fraction of sp³-hybridized carbons (Fsp3) is 0.870. The van der Waals surface area contributed by atoms with E-state index in [1.165, 1.54) is 44.9 Å². The number of fused-ring (bicyclic) bond motifs is 5. The Bertz CT molecular complexity index is 579. The average Bonchev–Trinajstić information content (AvgIpc) is 2.91. The Morgan fingerprint density at radius 1 is 1.20 bits per heavy atom. The van der Waals surface area contributed by atoms with Gasteiger partial charge in [-0.05, 0) is 85.9 Å². The van der Waals surface area contributed by atoms with Crippen LogP contribution in [0, 0.1) is 34.5 Å². The molecule has 2 nitrogen and oxygen atoms in total. The van der Waals surface area contributed by atoms with Gasteiger partial charge in [0.05, 0.1) is 0 Å². The number of allylic oxidation sites excluding steroid dienone is 2. The Morgan fingerprint density at radius 2 is 2.00 bits per heavy atom. The van der Waals surface area contributed by atoms with Crippen LogP contribution in [-0.2, 0) is 9.53 Å². The largest absolute Gasteiger partial charge is 0.463 e. The second kappa shape index (κ2) is 6.13. The van der Waals surface area contributed by atoms with Crippen LogP contribution in [0.5, 0.6) is 0 Å². The molecule has 7 atom stereocenters. The quantitative estimate of drug-likeness (QED) is 0.460. The third-order valence-corrected chi connectivity index (χ3v) is 9.03. The summed E-state index contributed by atoms with van der Waals surface area (Å²) in [6, 6.07) is 0. The fourth-order valence-electron chi connectivity index (χ4n) is 7.60. The molecule has 0 N–H and O–H groups in total. The smallest absolute Gasteiger partial charge is 0.302 e. The molecule has 0 heterocycles. The van der Waals surface area contributed by atoms with Crippen LogP contribution in [0.2, 0.25) is 0 Å². The molecule has 4 aliphatic rings. The predicted octanol–water partition coefficient (Wildman–Crippen LogP) is 5.91. The maximum absolute atomic E-state index is 11.4. The molecule has 4 aliphatic carbocycles. The van der Waals surface area contributed by atoms with Crippen LogP contribution in [0.4, 0.5) is 0 Å². The average molecular weight is 345 g/mol. The van der Waals surface area contributed by atoms with Crippen molar-refractivity contribution in [2.24, 2.45) is 34.5 Å². The zero-order valence-electron chi connectivity index (χ0n) is 16.6. The van der Waals surface area contributed by atoms with Gasteiger partial charge in [0.2, 0.25) is 0 Å². The van der Waals surface area contributed by atoms with Gasteiger partial charge in [-0.1, -0.05) is 38.8 Å². The first-order valence-electron chi connectivity index (χ1n) is 10.8. The first-order chi connectivity index (χ1) is 11.9. The second-order valence-corrected chi connectivity index (χ2v) is 9.96. The Balaban J connectivity index is 1.55. The van der Waals surface area contributed by atoms with E-state index < -0.39 is 0 Å². The minimum atomic E-state index is -0.0996. The lowest BCUT2D eigenvalue weighted by atomic mass is 9.46. The van der Waals surface area contributed by atoms with Gasteiger partial charge in [-0.3, -0.25) is 4.79 Å². The van der Waals surface area contributed by atoms with Crippen molar-refractivity contribution in [3.05, 3.63) is 11.6 Å². The van der Waals surface area contributed by atoms with Gasteiger partial charge in [-0.15, -0.1) is 0 Å². The van der Waals surface area contributed by atoms with Crippen LogP contribution in [0.1, 0.15) is 85.5 Å². The Hall–Kier alpha value is -0.790. The Labute approximate surface area is 153 Å². The first kappa shape index (κ1) is 17.6. The predicted molar refractivity (Wildman–Crippen MR) is 101 cm³/mol. The van der Waals surface area contributed by atoms with Gasteiger partial charge in [0, 0.05) is 6.92 Å². The normalized spacial score (nSPS) is 48.8. The fourth-order valence-corrected chi connectivity index (χ4v) is 7.60. The molecule has 0 aromatic heterocycles. The highest BCUT2D eigenvalue weighted by Crippen LogP contribution is 2.66. The molecule has 0 aromatic rings. The molecule has 0 bridgehead atoms. The highest BCUT2D eigenvalue weighted by Gasteiger charge is 2.57. The van der Waals surface area contributed by atoms with Crippen LogP contribution in [0.15, 0.2) is 11.6 Å². The summed E-state index contributed by atoms with van der Waals surface area (Å²) in [5.41, 5.74) is 2.80. The lowest BCUT2D eigenvalue weighted by Gasteiger charge is -2.59. The van der Waals surface area contributed by atoms with Crippen LogP contribution < -0.4 is 0 Å². The highest BCUT2D eigenvalue weighted by molar-refractivity contribution is 5.66. The maximum atomic E-state index is 11.4. The number of ether oxygens (including phenoxy) is 1. The molecular formula is C23H36O2. The van der Waals surface area contributed by atoms with Crippen molar-refractivity contribution in [3.8, 4) is 0 Å². The van der Waals surface area contributed by atoms with Gasteiger partial charge >= 0.3 is 5.97 Å². The number of hydrogen-bond acceptors (Lipinski definition) is 2. The van der Waals surface area contributed by atoms with Crippen LogP contribution in [0.25, 0.3) is 0 Å². The van der Waals surface area contributed by atoms with Gasteiger partial charge < -0.3 is 4.74 Å². The van der Waals surface area contributed by atoms with Crippen molar-refractivity contribution in [1.82, 2.24) is 0 Å². The van der Waals surface area contributed by atoms with E-state index in [-0.39, 0.29) is 12.1 Å². The SMILES string of the molecule is CC[C@H]1CC=C2[C@@H]3CC[C@@H]4C[C@@H](OC(C)=O)CC[C@]4(C)[C@H]3CC[C@@]21C. The lowest BCUT2D eigenvalue weighted by Crippen LogP contribution is -2.52. The summed E-state index contributed by atoms with van der Waals surface area (Å²) in [5, 5.41) is 0. The van der Waals surface area contributed by atoms with Crippen molar-refractivity contribution in [1.29, 1.82) is 0 Å². The molecule has 140 valence electrons. The van der Waals surface area contributed by atoms with E-state index in [0.29, 0.717) is 10.8 Å². The van der Waals surface area contributed by atoms with E-state index in [0.717, 1.165) is 36.5 Å². The third kappa shape index (κ3) is 2.61. The molecule has 0 unspecified atom stereocenters. The lowest BCUT2D eigenvalue weighted by molar-refractivity contribution is -0.155. The summed E-state index contributed by atoms with van der Waals surface area (Å²) in [4.78, 5) is 11.4. The minimum absolute atomic E-state index is 0.0996. The summed E-state index contributed by atoms with van der Waals surface area (Å²) in [6.45, 7) is 9.09. The van der Waals surface area contributed by atoms with Crippen LogP contribution >= 0.6 is 0 Å². The molecule has 25 heavy (non-hydrogen) atoms. The molecule has 3 fully saturated rings. The van der Waals surface area contributed by atoms with Crippen molar-refractivity contribution in [2.45, 2.75) is 91.6 Å². The highest BCUT2D eigenvalue weighted by atomic mass is 16.5. The van der Waals surface area contributed by atoms with Crippen molar-refractivity contribution >= 4 is 5.97 Å². The molecule has 0 aliphatic heterocycles. The molecular weight excluding hydrogens is 308 g/mol. The summed E-state index contributed by atoms with van der Waals surface area (Å²) in [6.07, 6.45) is 14.4. The summed E-state index contributed by atoms with van der Waals surface area (Å²) >= 11 is 0. The first-order valence-corrected chi connectivity index (χ1v) is 10.8. The third-order valence-electron chi connectivity index (χ3n) is 9.03. The molecule has 3 saturated carbocycles. The van der Waals surface area contributed by atoms with Crippen LogP contribution in [-0.4, -0.2) is 12.1 Å². The maximum Gasteiger partial charge on any atom is 0.302 e. The Kier molecular flexibility index (Phi) is 4.32. The summed E-state index contributed by atoms with van der Waals surface area (Å²) in [7, 11) is 0. The molecule has 0 radical (unpaired) electrons.